The molecule has 1 aliphatic heterocycles. The molecule has 1 aromatic heterocycles. The molecule has 1 aliphatic rings. The third-order valence-corrected chi connectivity index (χ3v) is 7.16. The number of rotatable bonds is 2. The molecule has 1 aromatic carbocycles. The minimum absolute atomic E-state index is 0.00249. The summed E-state index contributed by atoms with van der Waals surface area (Å²) >= 11 is 1.34. The minimum Gasteiger partial charge on any atom is -0.206 e. The smallest absolute Gasteiger partial charge is 0.206 e. The van der Waals surface area contributed by atoms with Crippen LogP contribution >= 0.6 is 11.3 Å². The van der Waals surface area contributed by atoms with Gasteiger partial charge in [0.15, 0.2) is 0 Å². The Hall–Kier alpha value is -1.17. The molecule has 0 N–H and O–H groups in total. The van der Waals surface area contributed by atoms with Crippen LogP contribution in [0.5, 0.6) is 0 Å². The highest BCUT2D eigenvalue weighted by Gasteiger charge is 2.33. The lowest BCUT2D eigenvalue weighted by molar-refractivity contribution is 0.310. The summed E-state index contributed by atoms with van der Waals surface area (Å²) in [6, 6.07) is 11.7. The van der Waals surface area contributed by atoms with Gasteiger partial charge in [0.2, 0.25) is 0 Å². The number of nitrogens with zero attached hydrogens (tertiary/aromatic N) is 1. The Balaban J connectivity index is 1.99. The summed E-state index contributed by atoms with van der Waals surface area (Å²) in [5, 5.41) is 0. The van der Waals surface area contributed by atoms with E-state index in [0.29, 0.717) is 10.8 Å². The van der Waals surface area contributed by atoms with Crippen molar-refractivity contribution < 1.29 is 8.42 Å². The number of sulfonamides is 1. The number of benzene rings is 1. The van der Waals surface area contributed by atoms with Crippen LogP contribution in [0.25, 0.3) is 0 Å². The molecular weight excluding hydrogens is 290 g/mol. The maximum absolute atomic E-state index is 12.8. The van der Waals surface area contributed by atoms with Gasteiger partial charge in [-0.25, -0.2) is 8.42 Å². The SMILES string of the molecule is Cc1ccc(S(=O)(=O)N2Cc3ccccc3CC2C)s1. The number of thiophene rings is 1. The number of hydrogen-bond acceptors (Lipinski definition) is 3. The monoisotopic (exact) mass is 307 g/mol. The predicted octanol–water partition coefficient (Wildman–Crippen LogP) is 3.19. The second-order valence-electron chi connectivity index (χ2n) is 5.24. The topological polar surface area (TPSA) is 37.4 Å². The van der Waals surface area contributed by atoms with Crippen LogP contribution in [0, 0.1) is 6.92 Å². The quantitative estimate of drug-likeness (QED) is 0.854. The Labute approximate surface area is 123 Å². The summed E-state index contributed by atoms with van der Waals surface area (Å²) in [6.07, 6.45) is 0.778. The first-order valence-electron chi connectivity index (χ1n) is 6.63. The van der Waals surface area contributed by atoms with Crippen LogP contribution in [0.3, 0.4) is 0 Å². The van der Waals surface area contributed by atoms with Gasteiger partial charge >= 0.3 is 0 Å². The van der Waals surface area contributed by atoms with E-state index in [4.69, 9.17) is 0 Å². The minimum atomic E-state index is -3.38. The van der Waals surface area contributed by atoms with Gasteiger partial charge in [0.25, 0.3) is 10.0 Å². The van der Waals surface area contributed by atoms with E-state index in [9.17, 15) is 8.42 Å². The summed E-state index contributed by atoms with van der Waals surface area (Å²) in [5.74, 6) is 0. The van der Waals surface area contributed by atoms with E-state index in [1.54, 1.807) is 10.4 Å². The maximum atomic E-state index is 12.8. The standard InChI is InChI=1S/C15H17NO2S2/c1-11-9-13-5-3-4-6-14(13)10-16(11)20(17,18)15-8-7-12(2)19-15/h3-8,11H,9-10H2,1-2H3. The van der Waals surface area contributed by atoms with Crippen LogP contribution in [-0.4, -0.2) is 18.8 Å². The van der Waals surface area contributed by atoms with Gasteiger partial charge in [0, 0.05) is 17.5 Å². The maximum Gasteiger partial charge on any atom is 0.253 e. The molecule has 3 rings (SSSR count). The fourth-order valence-corrected chi connectivity index (χ4v) is 5.66. The molecule has 5 heteroatoms. The molecule has 0 saturated heterocycles. The van der Waals surface area contributed by atoms with Crippen LogP contribution in [0.2, 0.25) is 0 Å². The molecule has 2 heterocycles. The Bertz CT molecular complexity index is 734. The largest absolute Gasteiger partial charge is 0.253 e. The summed E-state index contributed by atoms with van der Waals surface area (Å²) in [4.78, 5) is 1.02. The number of hydrogen-bond donors (Lipinski definition) is 0. The van der Waals surface area contributed by atoms with Crippen molar-refractivity contribution in [1.82, 2.24) is 4.31 Å². The van der Waals surface area contributed by atoms with Gasteiger partial charge in [-0.15, -0.1) is 11.3 Å². The van der Waals surface area contributed by atoms with Gasteiger partial charge in [0.1, 0.15) is 4.21 Å². The summed E-state index contributed by atoms with van der Waals surface area (Å²) in [5.41, 5.74) is 2.37. The van der Waals surface area contributed by atoms with Gasteiger partial charge in [-0.3, -0.25) is 0 Å². The molecule has 3 nitrogen and oxygen atoms in total. The molecular formula is C15H17NO2S2. The Kier molecular flexibility index (Phi) is 3.44. The van der Waals surface area contributed by atoms with Crippen molar-refractivity contribution >= 4 is 21.4 Å². The van der Waals surface area contributed by atoms with Crippen LogP contribution in [-0.2, 0) is 23.0 Å². The molecule has 0 saturated carbocycles. The molecule has 106 valence electrons. The lowest BCUT2D eigenvalue weighted by Crippen LogP contribution is -2.42. The molecule has 0 bridgehead atoms. The van der Waals surface area contributed by atoms with E-state index < -0.39 is 10.0 Å². The number of aryl methyl sites for hydroxylation is 1. The first kappa shape index (κ1) is 13.8. The van der Waals surface area contributed by atoms with Gasteiger partial charge in [-0.05, 0) is 43.5 Å². The van der Waals surface area contributed by atoms with Crippen LogP contribution in [0.1, 0.15) is 22.9 Å². The molecule has 2 aromatic rings. The highest BCUT2D eigenvalue weighted by atomic mass is 32.2. The zero-order valence-corrected chi connectivity index (χ0v) is 13.2. The summed E-state index contributed by atoms with van der Waals surface area (Å²) in [6.45, 7) is 4.38. The molecule has 0 aliphatic carbocycles. The van der Waals surface area contributed by atoms with E-state index in [1.807, 2.05) is 38.1 Å². The van der Waals surface area contributed by atoms with Crippen molar-refractivity contribution in [2.45, 2.75) is 37.1 Å². The third-order valence-electron chi connectivity index (χ3n) is 3.73. The van der Waals surface area contributed by atoms with Crippen molar-refractivity contribution in [2.24, 2.45) is 0 Å². The predicted molar refractivity (Wildman–Crippen MR) is 81.4 cm³/mol. The van der Waals surface area contributed by atoms with E-state index in [1.165, 1.54) is 16.9 Å². The van der Waals surface area contributed by atoms with Crippen molar-refractivity contribution in [3.63, 3.8) is 0 Å². The Morgan fingerprint density at radius 2 is 1.85 bits per heavy atom. The first-order chi connectivity index (χ1) is 9.48. The molecule has 0 spiro atoms. The lowest BCUT2D eigenvalue weighted by Gasteiger charge is -2.33. The molecule has 1 unspecified atom stereocenters. The van der Waals surface area contributed by atoms with Crippen LogP contribution in [0.4, 0.5) is 0 Å². The fourth-order valence-electron chi connectivity index (χ4n) is 2.64. The lowest BCUT2D eigenvalue weighted by atomic mass is 9.97. The van der Waals surface area contributed by atoms with Crippen molar-refractivity contribution in [1.29, 1.82) is 0 Å². The van der Waals surface area contributed by atoms with E-state index in [0.717, 1.165) is 16.9 Å². The van der Waals surface area contributed by atoms with Crippen molar-refractivity contribution in [3.05, 3.63) is 52.4 Å². The van der Waals surface area contributed by atoms with E-state index >= 15 is 0 Å². The van der Waals surface area contributed by atoms with E-state index in [2.05, 4.69) is 6.07 Å². The first-order valence-corrected chi connectivity index (χ1v) is 8.89. The normalized spacial score (nSPS) is 19.8. The van der Waals surface area contributed by atoms with Gasteiger partial charge in [-0.2, -0.15) is 4.31 Å². The average molecular weight is 307 g/mol. The Morgan fingerprint density at radius 3 is 2.50 bits per heavy atom. The molecule has 1 atom stereocenters. The van der Waals surface area contributed by atoms with Crippen LogP contribution < -0.4 is 0 Å². The van der Waals surface area contributed by atoms with Gasteiger partial charge in [0.05, 0.1) is 0 Å². The number of fused-ring (bicyclic) bond motifs is 1. The Morgan fingerprint density at radius 1 is 1.15 bits per heavy atom. The third kappa shape index (κ3) is 2.30. The molecule has 20 heavy (non-hydrogen) atoms. The second kappa shape index (κ2) is 4.98. The summed E-state index contributed by atoms with van der Waals surface area (Å²) in [7, 11) is -3.38. The van der Waals surface area contributed by atoms with E-state index in [-0.39, 0.29) is 6.04 Å². The van der Waals surface area contributed by atoms with Crippen molar-refractivity contribution in [3.8, 4) is 0 Å². The molecule has 0 radical (unpaired) electrons. The molecule has 0 fully saturated rings. The van der Waals surface area contributed by atoms with Crippen molar-refractivity contribution in [2.75, 3.05) is 0 Å². The van der Waals surface area contributed by atoms with Gasteiger partial charge in [-0.1, -0.05) is 24.3 Å². The zero-order valence-electron chi connectivity index (χ0n) is 11.5. The van der Waals surface area contributed by atoms with Gasteiger partial charge < -0.3 is 0 Å². The fraction of sp³-hybridized carbons (Fsp3) is 0.333. The second-order valence-corrected chi connectivity index (χ2v) is 8.64. The average Bonchev–Trinajstić information content (AvgIpc) is 2.85. The highest BCUT2D eigenvalue weighted by molar-refractivity contribution is 7.91. The van der Waals surface area contributed by atoms with Crippen LogP contribution in [0.15, 0.2) is 40.6 Å². The highest BCUT2D eigenvalue weighted by Crippen LogP contribution is 2.31. The summed E-state index contributed by atoms with van der Waals surface area (Å²) < 4.78 is 27.6. The zero-order chi connectivity index (χ0) is 14.3. The molecule has 0 amide bonds.